The van der Waals surface area contributed by atoms with E-state index in [1.807, 2.05) is 0 Å². The lowest BCUT2D eigenvalue weighted by Gasteiger charge is -2.31. The number of halogens is 1. The van der Waals surface area contributed by atoms with Crippen LogP contribution in [0.1, 0.15) is 18.4 Å². The summed E-state index contributed by atoms with van der Waals surface area (Å²) >= 11 is 0. The van der Waals surface area contributed by atoms with Crippen molar-refractivity contribution in [1.82, 2.24) is 9.62 Å². The van der Waals surface area contributed by atoms with Gasteiger partial charge in [-0.3, -0.25) is 0 Å². The van der Waals surface area contributed by atoms with Crippen LogP contribution in [0.2, 0.25) is 0 Å². The second-order valence-corrected chi connectivity index (χ2v) is 6.88. The van der Waals surface area contributed by atoms with E-state index in [9.17, 15) is 12.8 Å². The summed E-state index contributed by atoms with van der Waals surface area (Å²) in [7, 11) is -2.05. The SMILES string of the molecule is Cc1ccc(F)cc1S(=O)(=O)N(C)C1CCNCC1. The molecule has 1 aromatic rings. The summed E-state index contributed by atoms with van der Waals surface area (Å²) in [6.07, 6.45) is 1.56. The third-order valence-electron chi connectivity index (χ3n) is 3.63. The Morgan fingerprint density at radius 2 is 1.95 bits per heavy atom. The van der Waals surface area contributed by atoms with Crippen molar-refractivity contribution < 1.29 is 12.8 Å². The average Bonchev–Trinajstić information content (AvgIpc) is 2.41. The van der Waals surface area contributed by atoms with Gasteiger partial charge in [0.1, 0.15) is 5.82 Å². The summed E-state index contributed by atoms with van der Waals surface area (Å²) in [5.74, 6) is -0.525. The fraction of sp³-hybridized carbons (Fsp3) is 0.538. The third kappa shape index (κ3) is 2.96. The molecule has 0 atom stereocenters. The van der Waals surface area contributed by atoms with Crippen molar-refractivity contribution in [2.24, 2.45) is 0 Å². The van der Waals surface area contributed by atoms with Crippen LogP contribution >= 0.6 is 0 Å². The smallest absolute Gasteiger partial charge is 0.243 e. The molecule has 1 aromatic carbocycles. The van der Waals surface area contributed by atoms with E-state index in [0.29, 0.717) is 5.56 Å². The lowest BCUT2D eigenvalue weighted by molar-refractivity contribution is 0.296. The van der Waals surface area contributed by atoms with Crippen molar-refractivity contribution in [2.75, 3.05) is 20.1 Å². The van der Waals surface area contributed by atoms with Gasteiger partial charge < -0.3 is 5.32 Å². The van der Waals surface area contributed by atoms with Gasteiger partial charge in [0.15, 0.2) is 0 Å². The molecule has 0 saturated carbocycles. The summed E-state index contributed by atoms with van der Waals surface area (Å²) in [4.78, 5) is 0.0635. The minimum atomic E-state index is -3.63. The monoisotopic (exact) mass is 286 g/mol. The predicted octanol–water partition coefficient (Wildman–Crippen LogP) is 1.51. The maximum atomic E-state index is 13.3. The molecular weight excluding hydrogens is 267 g/mol. The minimum absolute atomic E-state index is 0.0195. The molecular formula is C13H19FN2O2S. The van der Waals surface area contributed by atoms with Crippen molar-refractivity contribution in [3.05, 3.63) is 29.6 Å². The van der Waals surface area contributed by atoms with Gasteiger partial charge in [0.05, 0.1) is 4.90 Å². The van der Waals surface area contributed by atoms with Gasteiger partial charge in [-0.25, -0.2) is 12.8 Å². The molecule has 0 aromatic heterocycles. The standard InChI is InChI=1S/C13H19FN2O2S/c1-10-3-4-11(14)9-13(10)19(17,18)16(2)12-5-7-15-8-6-12/h3-4,9,12,15H,5-8H2,1-2H3. The first-order valence-corrected chi connectivity index (χ1v) is 7.82. The summed E-state index contributed by atoms with van der Waals surface area (Å²) in [6.45, 7) is 3.31. The number of hydrogen-bond acceptors (Lipinski definition) is 3. The Balaban J connectivity index is 2.33. The predicted molar refractivity (Wildman–Crippen MR) is 72.0 cm³/mol. The highest BCUT2D eigenvalue weighted by Gasteiger charge is 2.30. The second kappa shape index (κ2) is 5.56. The Bertz CT molecular complexity index is 554. The van der Waals surface area contributed by atoms with Crippen molar-refractivity contribution >= 4 is 10.0 Å². The Morgan fingerprint density at radius 3 is 2.58 bits per heavy atom. The van der Waals surface area contributed by atoms with E-state index in [4.69, 9.17) is 0 Å². The van der Waals surface area contributed by atoms with Gasteiger partial charge in [0.2, 0.25) is 10.0 Å². The molecule has 1 heterocycles. The van der Waals surface area contributed by atoms with E-state index in [-0.39, 0.29) is 10.9 Å². The normalized spacial score (nSPS) is 17.9. The third-order valence-corrected chi connectivity index (χ3v) is 5.68. The molecule has 0 spiro atoms. The zero-order chi connectivity index (χ0) is 14.0. The van der Waals surface area contributed by atoms with Gasteiger partial charge >= 0.3 is 0 Å². The van der Waals surface area contributed by atoms with Crippen LogP contribution in [0.25, 0.3) is 0 Å². The number of rotatable bonds is 3. The largest absolute Gasteiger partial charge is 0.317 e. The number of aryl methyl sites for hydroxylation is 1. The maximum Gasteiger partial charge on any atom is 0.243 e. The van der Waals surface area contributed by atoms with E-state index >= 15 is 0 Å². The molecule has 1 saturated heterocycles. The van der Waals surface area contributed by atoms with Gasteiger partial charge in [-0.05, 0) is 50.6 Å². The second-order valence-electron chi connectivity index (χ2n) is 4.91. The molecule has 0 bridgehead atoms. The zero-order valence-electron chi connectivity index (χ0n) is 11.2. The molecule has 2 rings (SSSR count). The number of nitrogens with one attached hydrogen (secondary N) is 1. The van der Waals surface area contributed by atoms with E-state index in [0.717, 1.165) is 32.0 Å². The highest BCUT2D eigenvalue weighted by atomic mass is 32.2. The van der Waals surface area contributed by atoms with E-state index in [1.54, 1.807) is 14.0 Å². The molecule has 0 amide bonds. The number of sulfonamides is 1. The van der Waals surface area contributed by atoms with Crippen LogP contribution in [0, 0.1) is 12.7 Å². The van der Waals surface area contributed by atoms with Gasteiger partial charge in [0.25, 0.3) is 0 Å². The molecule has 1 aliphatic rings. The van der Waals surface area contributed by atoms with Crippen LogP contribution in [-0.2, 0) is 10.0 Å². The molecule has 19 heavy (non-hydrogen) atoms. The van der Waals surface area contributed by atoms with Crippen LogP contribution < -0.4 is 5.32 Å². The van der Waals surface area contributed by atoms with Gasteiger partial charge in [0, 0.05) is 13.1 Å². The molecule has 0 radical (unpaired) electrons. The first kappa shape index (κ1) is 14.4. The summed E-state index contributed by atoms with van der Waals surface area (Å²) < 4.78 is 39.8. The maximum absolute atomic E-state index is 13.3. The number of benzene rings is 1. The van der Waals surface area contributed by atoms with E-state index in [1.165, 1.54) is 16.4 Å². The van der Waals surface area contributed by atoms with Crippen molar-refractivity contribution in [1.29, 1.82) is 0 Å². The number of piperidine rings is 1. The Kier molecular flexibility index (Phi) is 4.23. The molecule has 4 nitrogen and oxygen atoms in total. The fourth-order valence-electron chi connectivity index (χ4n) is 2.37. The highest BCUT2D eigenvalue weighted by Crippen LogP contribution is 2.24. The molecule has 0 unspecified atom stereocenters. The van der Waals surface area contributed by atoms with Crippen molar-refractivity contribution in [3.8, 4) is 0 Å². The topological polar surface area (TPSA) is 49.4 Å². The minimum Gasteiger partial charge on any atom is -0.317 e. The first-order chi connectivity index (χ1) is 8.93. The molecule has 6 heteroatoms. The Hall–Kier alpha value is -0.980. The zero-order valence-corrected chi connectivity index (χ0v) is 12.0. The highest BCUT2D eigenvalue weighted by molar-refractivity contribution is 7.89. The fourth-order valence-corrected chi connectivity index (χ4v) is 4.02. The lowest BCUT2D eigenvalue weighted by atomic mass is 10.1. The van der Waals surface area contributed by atoms with E-state index < -0.39 is 15.8 Å². The molecule has 1 N–H and O–H groups in total. The van der Waals surface area contributed by atoms with Gasteiger partial charge in [-0.15, -0.1) is 0 Å². The molecule has 0 aliphatic carbocycles. The summed E-state index contributed by atoms with van der Waals surface area (Å²) in [6, 6.07) is 3.86. The van der Waals surface area contributed by atoms with Crippen LogP contribution in [0.3, 0.4) is 0 Å². The average molecular weight is 286 g/mol. The Labute approximate surface area is 113 Å². The van der Waals surface area contributed by atoms with Gasteiger partial charge in [-0.1, -0.05) is 6.07 Å². The van der Waals surface area contributed by atoms with Crippen LogP contribution in [0.15, 0.2) is 23.1 Å². The lowest BCUT2D eigenvalue weighted by Crippen LogP contribution is -2.44. The molecule has 106 valence electrons. The number of nitrogens with zero attached hydrogens (tertiary/aromatic N) is 1. The molecule has 1 aliphatic heterocycles. The number of hydrogen-bond donors (Lipinski definition) is 1. The van der Waals surface area contributed by atoms with Crippen LogP contribution in [0.5, 0.6) is 0 Å². The quantitative estimate of drug-likeness (QED) is 0.916. The first-order valence-electron chi connectivity index (χ1n) is 6.38. The van der Waals surface area contributed by atoms with E-state index in [2.05, 4.69) is 5.32 Å². The van der Waals surface area contributed by atoms with Crippen molar-refractivity contribution in [3.63, 3.8) is 0 Å². The summed E-state index contributed by atoms with van der Waals surface area (Å²) in [5.41, 5.74) is 0.571. The summed E-state index contributed by atoms with van der Waals surface area (Å²) in [5, 5.41) is 3.20. The Morgan fingerprint density at radius 1 is 1.32 bits per heavy atom. The van der Waals surface area contributed by atoms with Crippen LogP contribution in [0.4, 0.5) is 4.39 Å². The van der Waals surface area contributed by atoms with Gasteiger partial charge in [-0.2, -0.15) is 4.31 Å². The van der Waals surface area contributed by atoms with Crippen LogP contribution in [-0.4, -0.2) is 38.9 Å². The molecule has 1 fully saturated rings. The van der Waals surface area contributed by atoms with Crippen molar-refractivity contribution in [2.45, 2.75) is 30.7 Å².